The third-order valence-corrected chi connectivity index (χ3v) is 2.79. The summed E-state index contributed by atoms with van der Waals surface area (Å²) in [5.41, 5.74) is 1.69. The lowest BCUT2D eigenvalue weighted by atomic mass is 10.0. The molecule has 0 fully saturated rings. The summed E-state index contributed by atoms with van der Waals surface area (Å²) in [4.78, 5) is 11.8. The Labute approximate surface area is 103 Å². The van der Waals surface area contributed by atoms with Crippen LogP contribution < -0.4 is 5.32 Å². The van der Waals surface area contributed by atoms with Crippen LogP contribution in [0.4, 0.5) is 5.69 Å². The third kappa shape index (κ3) is 3.30. The number of hydrogen-bond donors (Lipinski definition) is 2. The maximum Gasteiger partial charge on any atom is 0.255 e. The number of para-hydroxylation sites is 1. The van der Waals surface area contributed by atoms with Crippen LogP contribution in [0, 0.1) is 0 Å². The molecule has 0 aliphatic rings. The van der Waals surface area contributed by atoms with Crippen LogP contribution in [0.5, 0.6) is 0 Å². The largest absolute Gasteiger partial charge is 0.381 e. The molecule has 0 aliphatic carbocycles. The number of amides is 1. The van der Waals surface area contributed by atoms with Crippen molar-refractivity contribution in [2.45, 2.75) is 46.1 Å². The summed E-state index contributed by atoms with van der Waals surface area (Å²) in [5, 5.41) is 12.5. The second kappa shape index (κ2) is 5.32. The van der Waals surface area contributed by atoms with Crippen molar-refractivity contribution in [3.63, 3.8) is 0 Å². The SMILES string of the molecule is CCc1cccc(CC)c1NC(=O)C(C)(C)O. The topological polar surface area (TPSA) is 49.3 Å². The molecule has 2 N–H and O–H groups in total. The smallest absolute Gasteiger partial charge is 0.255 e. The molecule has 0 heterocycles. The van der Waals surface area contributed by atoms with Gasteiger partial charge in [0.1, 0.15) is 5.60 Å². The number of anilines is 1. The van der Waals surface area contributed by atoms with E-state index in [1.165, 1.54) is 13.8 Å². The average molecular weight is 235 g/mol. The number of hydrogen-bond acceptors (Lipinski definition) is 2. The average Bonchev–Trinajstić information content (AvgIpc) is 2.28. The predicted octanol–water partition coefficient (Wildman–Crippen LogP) is 2.52. The lowest BCUT2D eigenvalue weighted by Gasteiger charge is -2.20. The normalized spacial score (nSPS) is 11.4. The molecule has 0 radical (unpaired) electrons. The molecular weight excluding hydrogens is 214 g/mol. The van der Waals surface area contributed by atoms with Gasteiger partial charge in [-0.05, 0) is 37.8 Å². The molecule has 17 heavy (non-hydrogen) atoms. The highest BCUT2D eigenvalue weighted by atomic mass is 16.3. The van der Waals surface area contributed by atoms with E-state index < -0.39 is 5.60 Å². The van der Waals surface area contributed by atoms with Gasteiger partial charge in [0.2, 0.25) is 0 Å². The van der Waals surface area contributed by atoms with Gasteiger partial charge >= 0.3 is 0 Å². The third-order valence-electron chi connectivity index (χ3n) is 2.79. The number of rotatable bonds is 4. The first-order chi connectivity index (χ1) is 7.90. The fourth-order valence-corrected chi connectivity index (χ4v) is 1.67. The number of benzene rings is 1. The van der Waals surface area contributed by atoms with Crippen LogP contribution >= 0.6 is 0 Å². The van der Waals surface area contributed by atoms with Crippen LogP contribution in [-0.4, -0.2) is 16.6 Å². The van der Waals surface area contributed by atoms with E-state index in [9.17, 15) is 9.90 Å². The Kier molecular flexibility index (Phi) is 4.29. The summed E-state index contributed by atoms with van der Waals surface area (Å²) in [7, 11) is 0. The number of aliphatic hydroxyl groups is 1. The van der Waals surface area contributed by atoms with Gasteiger partial charge in [-0.25, -0.2) is 0 Å². The Hall–Kier alpha value is -1.35. The van der Waals surface area contributed by atoms with Gasteiger partial charge in [0.15, 0.2) is 0 Å². The van der Waals surface area contributed by atoms with E-state index in [0.717, 1.165) is 29.7 Å². The highest BCUT2D eigenvalue weighted by molar-refractivity contribution is 5.97. The van der Waals surface area contributed by atoms with Crippen LogP contribution in [-0.2, 0) is 17.6 Å². The molecular formula is C14H21NO2. The van der Waals surface area contributed by atoms with E-state index in [2.05, 4.69) is 19.2 Å². The second-order valence-electron chi connectivity index (χ2n) is 4.67. The van der Waals surface area contributed by atoms with Gasteiger partial charge in [-0.2, -0.15) is 0 Å². The molecule has 94 valence electrons. The van der Waals surface area contributed by atoms with Crippen LogP contribution in [0.15, 0.2) is 18.2 Å². The Balaban J connectivity index is 3.08. The molecule has 0 bridgehead atoms. The molecule has 0 unspecified atom stereocenters. The summed E-state index contributed by atoms with van der Waals surface area (Å²) in [5.74, 6) is -0.367. The van der Waals surface area contributed by atoms with Gasteiger partial charge < -0.3 is 10.4 Å². The molecule has 0 saturated carbocycles. The van der Waals surface area contributed by atoms with E-state index in [0.29, 0.717) is 0 Å². The molecule has 1 aromatic carbocycles. The summed E-state index contributed by atoms with van der Waals surface area (Å²) in [6.07, 6.45) is 1.71. The number of aryl methyl sites for hydroxylation is 2. The molecule has 0 aromatic heterocycles. The van der Waals surface area contributed by atoms with Crippen LogP contribution in [0.2, 0.25) is 0 Å². The van der Waals surface area contributed by atoms with E-state index in [1.807, 2.05) is 18.2 Å². The first-order valence-corrected chi connectivity index (χ1v) is 6.04. The Morgan fingerprint density at radius 1 is 1.24 bits per heavy atom. The highest BCUT2D eigenvalue weighted by Crippen LogP contribution is 2.23. The van der Waals surface area contributed by atoms with Crippen molar-refractivity contribution < 1.29 is 9.90 Å². The molecule has 3 heteroatoms. The van der Waals surface area contributed by atoms with E-state index in [4.69, 9.17) is 0 Å². The van der Waals surface area contributed by atoms with Gasteiger partial charge in [0.25, 0.3) is 5.91 Å². The number of carbonyl (C=O) groups is 1. The summed E-state index contributed by atoms with van der Waals surface area (Å²) < 4.78 is 0. The predicted molar refractivity (Wildman–Crippen MR) is 70.1 cm³/mol. The summed E-state index contributed by atoms with van der Waals surface area (Å²) >= 11 is 0. The van der Waals surface area contributed by atoms with Crippen LogP contribution in [0.1, 0.15) is 38.8 Å². The Morgan fingerprint density at radius 3 is 2.06 bits per heavy atom. The number of carbonyl (C=O) groups excluding carboxylic acids is 1. The molecule has 1 aromatic rings. The van der Waals surface area contributed by atoms with Crippen molar-refractivity contribution in [3.05, 3.63) is 29.3 Å². The van der Waals surface area contributed by atoms with Crippen LogP contribution in [0.25, 0.3) is 0 Å². The number of nitrogens with one attached hydrogen (secondary N) is 1. The van der Waals surface area contributed by atoms with E-state index in [1.54, 1.807) is 0 Å². The molecule has 0 aliphatic heterocycles. The minimum absolute atomic E-state index is 0.367. The molecule has 1 rings (SSSR count). The Morgan fingerprint density at radius 2 is 1.71 bits per heavy atom. The molecule has 1 amide bonds. The summed E-state index contributed by atoms with van der Waals surface area (Å²) in [6, 6.07) is 6.00. The van der Waals surface area contributed by atoms with Crippen molar-refractivity contribution in [2.75, 3.05) is 5.32 Å². The monoisotopic (exact) mass is 235 g/mol. The zero-order valence-corrected chi connectivity index (χ0v) is 11.0. The first kappa shape index (κ1) is 13.7. The zero-order chi connectivity index (χ0) is 13.1. The maximum absolute atomic E-state index is 11.8. The lowest BCUT2D eigenvalue weighted by molar-refractivity contribution is -0.130. The summed E-state index contributed by atoms with van der Waals surface area (Å²) in [6.45, 7) is 7.08. The van der Waals surface area contributed by atoms with Crippen LogP contribution in [0.3, 0.4) is 0 Å². The quantitative estimate of drug-likeness (QED) is 0.842. The van der Waals surface area contributed by atoms with Crippen molar-refractivity contribution >= 4 is 11.6 Å². The van der Waals surface area contributed by atoms with E-state index in [-0.39, 0.29) is 5.91 Å². The second-order valence-corrected chi connectivity index (χ2v) is 4.67. The van der Waals surface area contributed by atoms with Gasteiger partial charge in [-0.3, -0.25) is 4.79 Å². The van der Waals surface area contributed by atoms with Gasteiger partial charge in [-0.15, -0.1) is 0 Å². The molecule has 3 nitrogen and oxygen atoms in total. The maximum atomic E-state index is 11.8. The standard InChI is InChI=1S/C14H21NO2/c1-5-10-8-7-9-11(6-2)12(10)15-13(16)14(3,4)17/h7-9,17H,5-6H2,1-4H3,(H,15,16). The minimum Gasteiger partial charge on any atom is -0.381 e. The zero-order valence-electron chi connectivity index (χ0n) is 11.0. The van der Waals surface area contributed by atoms with E-state index >= 15 is 0 Å². The van der Waals surface area contributed by atoms with Gasteiger partial charge in [0, 0.05) is 5.69 Å². The first-order valence-electron chi connectivity index (χ1n) is 6.04. The van der Waals surface area contributed by atoms with Crippen molar-refractivity contribution in [1.29, 1.82) is 0 Å². The van der Waals surface area contributed by atoms with Crippen molar-refractivity contribution in [1.82, 2.24) is 0 Å². The molecule has 0 spiro atoms. The fraction of sp³-hybridized carbons (Fsp3) is 0.500. The minimum atomic E-state index is -1.36. The van der Waals surface area contributed by atoms with Crippen molar-refractivity contribution in [2.24, 2.45) is 0 Å². The van der Waals surface area contributed by atoms with Crippen molar-refractivity contribution in [3.8, 4) is 0 Å². The molecule has 0 atom stereocenters. The lowest BCUT2D eigenvalue weighted by Crippen LogP contribution is -2.37. The van der Waals surface area contributed by atoms with Gasteiger partial charge in [0.05, 0.1) is 0 Å². The fourth-order valence-electron chi connectivity index (χ4n) is 1.67. The Bertz CT molecular complexity index is 383. The van der Waals surface area contributed by atoms with Gasteiger partial charge in [-0.1, -0.05) is 32.0 Å². The molecule has 0 saturated heterocycles. The highest BCUT2D eigenvalue weighted by Gasteiger charge is 2.24.